The number of hydrogen-bond donors (Lipinski definition) is 1. The van der Waals surface area contributed by atoms with Gasteiger partial charge in [0.2, 0.25) is 0 Å². The lowest BCUT2D eigenvalue weighted by molar-refractivity contribution is -0.129. The van der Waals surface area contributed by atoms with E-state index < -0.39 is 0 Å². The third-order valence-electron chi connectivity index (χ3n) is 4.58. The monoisotopic (exact) mass is 167 g/mol. The zero-order chi connectivity index (χ0) is 9.15. The van der Waals surface area contributed by atoms with Crippen LogP contribution in [0.15, 0.2) is 0 Å². The van der Waals surface area contributed by atoms with Gasteiger partial charge in [-0.1, -0.05) is 20.8 Å². The van der Waals surface area contributed by atoms with Gasteiger partial charge in [-0.3, -0.25) is 4.79 Å². The molecule has 3 atom stereocenters. The molecule has 2 heteroatoms. The fourth-order valence-electron chi connectivity index (χ4n) is 3.16. The lowest BCUT2D eigenvalue weighted by Crippen LogP contribution is -2.39. The summed E-state index contributed by atoms with van der Waals surface area (Å²) in [6.07, 6.45) is 2.17. The molecule has 68 valence electrons. The maximum Gasteiger partial charge on any atom is 0.156 e. The first-order chi connectivity index (χ1) is 5.41. The van der Waals surface area contributed by atoms with Crippen molar-refractivity contribution in [1.82, 2.24) is 0 Å². The van der Waals surface area contributed by atoms with E-state index in [0.29, 0.717) is 11.7 Å². The largest absolute Gasteiger partial charge is 0.321 e. The second-order valence-electron chi connectivity index (χ2n) is 5.09. The van der Waals surface area contributed by atoms with Gasteiger partial charge in [-0.25, -0.2) is 0 Å². The summed E-state index contributed by atoms with van der Waals surface area (Å²) < 4.78 is 0. The van der Waals surface area contributed by atoms with Gasteiger partial charge in [-0.05, 0) is 24.2 Å². The predicted octanol–water partition coefficient (Wildman–Crippen LogP) is 1.34. The average Bonchev–Trinajstić information content (AvgIpc) is 2.26. The van der Waals surface area contributed by atoms with Crippen LogP contribution >= 0.6 is 0 Å². The molecule has 0 heterocycles. The quantitative estimate of drug-likeness (QED) is 0.591. The average molecular weight is 167 g/mol. The van der Waals surface area contributed by atoms with Crippen LogP contribution in [0.5, 0.6) is 0 Å². The molecule has 0 spiro atoms. The molecule has 0 aromatic rings. The van der Waals surface area contributed by atoms with Crippen LogP contribution in [-0.4, -0.2) is 11.8 Å². The van der Waals surface area contributed by atoms with Crippen molar-refractivity contribution in [3.05, 3.63) is 0 Å². The molecular formula is C10H17NO. The van der Waals surface area contributed by atoms with Gasteiger partial charge in [-0.2, -0.15) is 0 Å². The lowest BCUT2D eigenvalue weighted by Gasteiger charge is -2.32. The van der Waals surface area contributed by atoms with Gasteiger partial charge in [0.1, 0.15) is 0 Å². The number of hydrogen-bond acceptors (Lipinski definition) is 2. The predicted molar refractivity (Wildman–Crippen MR) is 47.6 cm³/mol. The van der Waals surface area contributed by atoms with E-state index in [1.165, 1.54) is 0 Å². The van der Waals surface area contributed by atoms with Gasteiger partial charge in [0.25, 0.3) is 0 Å². The smallest absolute Gasteiger partial charge is 0.156 e. The molecular weight excluding hydrogens is 150 g/mol. The number of carbonyl (C=O) groups excluding carboxylic acids is 1. The Bertz CT molecular complexity index is 246. The molecule has 12 heavy (non-hydrogen) atoms. The number of rotatable bonds is 0. The first kappa shape index (κ1) is 8.24. The number of nitrogens with two attached hydrogens (primary N) is 1. The van der Waals surface area contributed by atoms with Crippen LogP contribution in [0.2, 0.25) is 0 Å². The minimum absolute atomic E-state index is 0.128. The molecule has 2 fully saturated rings. The molecule has 2 rings (SSSR count). The van der Waals surface area contributed by atoms with E-state index in [0.717, 1.165) is 12.8 Å². The van der Waals surface area contributed by atoms with Crippen molar-refractivity contribution in [2.24, 2.45) is 22.5 Å². The van der Waals surface area contributed by atoms with E-state index in [4.69, 9.17) is 5.73 Å². The van der Waals surface area contributed by atoms with E-state index >= 15 is 0 Å². The summed E-state index contributed by atoms with van der Waals surface area (Å²) in [6.45, 7) is 6.47. The Morgan fingerprint density at radius 1 is 1.42 bits per heavy atom. The van der Waals surface area contributed by atoms with Crippen LogP contribution in [0.3, 0.4) is 0 Å². The van der Waals surface area contributed by atoms with E-state index in [2.05, 4.69) is 20.8 Å². The minimum atomic E-state index is -0.182. The number of ketones is 1. The van der Waals surface area contributed by atoms with Crippen molar-refractivity contribution in [2.75, 3.05) is 0 Å². The number of fused-ring (bicyclic) bond motifs is 2. The van der Waals surface area contributed by atoms with Crippen LogP contribution in [0.1, 0.15) is 33.6 Å². The molecule has 0 aromatic carbocycles. The lowest BCUT2D eigenvalue weighted by atomic mass is 9.70. The van der Waals surface area contributed by atoms with E-state index in [9.17, 15) is 4.79 Å². The SMILES string of the molecule is CC1(C)[C@H]2CC[C@]1(C)C(=O)[C@@H]2N. The molecule has 0 aliphatic heterocycles. The Kier molecular flexibility index (Phi) is 1.32. The summed E-state index contributed by atoms with van der Waals surface area (Å²) in [7, 11) is 0. The molecule has 2 aliphatic carbocycles. The molecule has 0 amide bonds. The van der Waals surface area contributed by atoms with E-state index in [1.54, 1.807) is 0 Å². The van der Waals surface area contributed by atoms with Crippen molar-refractivity contribution in [3.8, 4) is 0 Å². The minimum Gasteiger partial charge on any atom is -0.321 e. The van der Waals surface area contributed by atoms with Crippen LogP contribution < -0.4 is 5.73 Å². The number of Topliss-reactive ketones (excluding diaryl/α,β-unsaturated/α-hetero) is 1. The summed E-state index contributed by atoms with van der Waals surface area (Å²) in [5, 5.41) is 0. The molecule has 2 N–H and O–H groups in total. The summed E-state index contributed by atoms with van der Waals surface area (Å²) >= 11 is 0. The van der Waals surface area contributed by atoms with Gasteiger partial charge in [-0.15, -0.1) is 0 Å². The number of carbonyl (C=O) groups is 1. The second kappa shape index (κ2) is 1.92. The Hall–Kier alpha value is -0.370. The molecule has 2 aliphatic rings. The Balaban J connectivity index is 2.50. The van der Waals surface area contributed by atoms with Gasteiger partial charge in [0, 0.05) is 5.41 Å². The van der Waals surface area contributed by atoms with Crippen LogP contribution in [0, 0.1) is 16.7 Å². The van der Waals surface area contributed by atoms with Gasteiger partial charge < -0.3 is 5.73 Å². The maximum atomic E-state index is 11.8. The molecule has 2 bridgehead atoms. The van der Waals surface area contributed by atoms with Crippen LogP contribution in [0.25, 0.3) is 0 Å². The van der Waals surface area contributed by atoms with Crippen molar-refractivity contribution in [2.45, 2.75) is 39.7 Å². The summed E-state index contributed by atoms with van der Waals surface area (Å²) in [4.78, 5) is 11.8. The maximum absolute atomic E-state index is 11.8. The topological polar surface area (TPSA) is 43.1 Å². The van der Waals surface area contributed by atoms with Crippen LogP contribution in [0.4, 0.5) is 0 Å². The normalized spacial score (nSPS) is 50.2. The standard InChI is InChI=1S/C10H17NO/c1-9(2)6-4-5-10(9,3)8(12)7(6)11/h6-7H,4-5,11H2,1-3H3/t6-,7+,10+/m0/s1. The van der Waals surface area contributed by atoms with Crippen molar-refractivity contribution < 1.29 is 4.79 Å². The second-order valence-corrected chi connectivity index (χ2v) is 5.09. The van der Waals surface area contributed by atoms with Crippen molar-refractivity contribution in [3.63, 3.8) is 0 Å². The fraction of sp³-hybridized carbons (Fsp3) is 0.900. The highest BCUT2D eigenvalue weighted by Crippen LogP contribution is 2.62. The summed E-state index contributed by atoms with van der Waals surface area (Å²) in [5.74, 6) is 0.721. The van der Waals surface area contributed by atoms with Gasteiger partial charge in [0.15, 0.2) is 5.78 Å². The van der Waals surface area contributed by atoms with Crippen molar-refractivity contribution >= 4 is 5.78 Å². The Labute approximate surface area is 73.5 Å². The highest BCUT2D eigenvalue weighted by Gasteiger charge is 2.65. The van der Waals surface area contributed by atoms with E-state index in [-0.39, 0.29) is 16.9 Å². The first-order valence-corrected chi connectivity index (χ1v) is 4.71. The Morgan fingerprint density at radius 3 is 2.25 bits per heavy atom. The third kappa shape index (κ3) is 0.598. The van der Waals surface area contributed by atoms with Crippen molar-refractivity contribution in [1.29, 1.82) is 0 Å². The molecule has 0 aromatic heterocycles. The molecule has 2 saturated carbocycles. The fourth-order valence-corrected chi connectivity index (χ4v) is 3.16. The summed E-state index contributed by atoms with van der Waals surface area (Å²) in [5.41, 5.74) is 5.88. The molecule has 0 radical (unpaired) electrons. The first-order valence-electron chi connectivity index (χ1n) is 4.71. The molecule has 0 saturated heterocycles. The third-order valence-corrected chi connectivity index (χ3v) is 4.58. The highest BCUT2D eigenvalue weighted by molar-refractivity contribution is 5.94. The molecule has 0 unspecified atom stereocenters. The molecule has 2 nitrogen and oxygen atoms in total. The van der Waals surface area contributed by atoms with Gasteiger partial charge in [0.05, 0.1) is 6.04 Å². The zero-order valence-electron chi connectivity index (χ0n) is 8.05. The highest BCUT2D eigenvalue weighted by atomic mass is 16.1. The van der Waals surface area contributed by atoms with Crippen LogP contribution in [-0.2, 0) is 4.79 Å². The van der Waals surface area contributed by atoms with Gasteiger partial charge >= 0.3 is 0 Å². The summed E-state index contributed by atoms with van der Waals surface area (Å²) in [6, 6.07) is -0.182. The zero-order valence-corrected chi connectivity index (χ0v) is 8.05. The van der Waals surface area contributed by atoms with E-state index in [1.807, 2.05) is 0 Å². The Morgan fingerprint density at radius 2 is 2.00 bits per heavy atom.